The van der Waals surface area contributed by atoms with Crippen LogP contribution < -0.4 is 9.47 Å². The Balaban J connectivity index is 1.38. The van der Waals surface area contributed by atoms with E-state index in [2.05, 4.69) is 21.9 Å². The molecule has 23 heavy (non-hydrogen) atoms. The fourth-order valence-electron chi connectivity index (χ4n) is 3.89. The lowest BCUT2D eigenvalue weighted by Gasteiger charge is -2.34. The molecule has 124 valence electrons. The molecule has 0 unspecified atom stereocenters. The van der Waals surface area contributed by atoms with E-state index in [1.165, 1.54) is 18.4 Å². The average Bonchev–Trinajstić information content (AvgIpc) is 3.25. The Morgan fingerprint density at radius 3 is 2.78 bits per heavy atom. The van der Waals surface area contributed by atoms with Gasteiger partial charge in [0.1, 0.15) is 0 Å². The number of hydrogen-bond acceptors (Lipinski definition) is 4. The highest BCUT2D eigenvalue weighted by Gasteiger charge is 2.30. The Bertz CT molecular complexity index is 584. The van der Waals surface area contributed by atoms with Gasteiger partial charge in [-0.05, 0) is 49.9 Å². The third-order valence-electron chi connectivity index (χ3n) is 5.12. The highest BCUT2D eigenvalue weighted by atomic mass is 16.7. The molecule has 5 nitrogen and oxygen atoms in total. The van der Waals surface area contributed by atoms with Gasteiger partial charge in [0.25, 0.3) is 0 Å². The van der Waals surface area contributed by atoms with E-state index < -0.39 is 0 Å². The van der Waals surface area contributed by atoms with Crippen LogP contribution in [0.3, 0.4) is 0 Å². The monoisotopic (exact) mass is 316 g/mol. The van der Waals surface area contributed by atoms with Crippen molar-refractivity contribution >= 4 is 5.91 Å². The summed E-state index contributed by atoms with van der Waals surface area (Å²) in [5.74, 6) is 2.22. The SMILES string of the molecule is O=C([C@@H]1CCCN(Cc2ccc3c(c2)OCO3)C1)N1CCCC1. The summed E-state index contributed by atoms with van der Waals surface area (Å²) in [5, 5.41) is 0. The minimum Gasteiger partial charge on any atom is -0.454 e. The molecule has 0 saturated carbocycles. The number of nitrogens with zero attached hydrogens (tertiary/aromatic N) is 2. The van der Waals surface area contributed by atoms with Crippen LogP contribution in [-0.2, 0) is 11.3 Å². The van der Waals surface area contributed by atoms with Gasteiger partial charge in [0.2, 0.25) is 12.7 Å². The summed E-state index contributed by atoms with van der Waals surface area (Å²) < 4.78 is 10.8. The molecule has 0 aromatic heterocycles. The van der Waals surface area contributed by atoms with E-state index in [0.29, 0.717) is 12.7 Å². The maximum atomic E-state index is 12.6. The van der Waals surface area contributed by atoms with Crippen LogP contribution in [0.2, 0.25) is 0 Å². The number of hydrogen-bond donors (Lipinski definition) is 0. The molecule has 0 spiro atoms. The first-order chi connectivity index (χ1) is 11.3. The van der Waals surface area contributed by atoms with Gasteiger partial charge in [0.15, 0.2) is 11.5 Å². The van der Waals surface area contributed by atoms with Crippen LogP contribution in [0.4, 0.5) is 0 Å². The summed E-state index contributed by atoms with van der Waals surface area (Å²) in [6, 6.07) is 6.14. The van der Waals surface area contributed by atoms with E-state index in [1.54, 1.807) is 0 Å². The van der Waals surface area contributed by atoms with Gasteiger partial charge >= 0.3 is 0 Å². The standard InChI is InChI=1S/C18H24N2O3/c21-18(20-8-1-2-9-20)15-4-3-7-19(12-15)11-14-5-6-16-17(10-14)23-13-22-16/h5-6,10,15H,1-4,7-9,11-13H2/t15-/m1/s1. The van der Waals surface area contributed by atoms with Crippen LogP contribution in [0.25, 0.3) is 0 Å². The van der Waals surface area contributed by atoms with Crippen LogP contribution in [0, 0.1) is 5.92 Å². The molecule has 4 rings (SSSR count). The molecule has 2 fully saturated rings. The average molecular weight is 316 g/mol. The molecular formula is C18H24N2O3. The van der Waals surface area contributed by atoms with Crippen molar-refractivity contribution in [2.24, 2.45) is 5.92 Å². The second-order valence-corrected chi connectivity index (χ2v) is 6.79. The lowest BCUT2D eigenvalue weighted by atomic mass is 9.96. The zero-order valence-corrected chi connectivity index (χ0v) is 13.5. The van der Waals surface area contributed by atoms with Gasteiger partial charge in [0, 0.05) is 26.2 Å². The lowest BCUT2D eigenvalue weighted by molar-refractivity contribution is -0.136. The summed E-state index contributed by atoms with van der Waals surface area (Å²) in [6.45, 7) is 5.05. The van der Waals surface area contributed by atoms with Crippen molar-refractivity contribution in [3.05, 3.63) is 23.8 Å². The molecule has 0 N–H and O–H groups in total. The number of likely N-dealkylation sites (tertiary alicyclic amines) is 2. The van der Waals surface area contributed by atoms with E-state index in [4.69, 9.17) is 9.47 Å². The zero-order valence-electron chi connectivity index (χ0n) is 13.5. The molecule has 1 atom stereocenters. The number of rotatable bonds is 3. The molecule has 0 aliphatic carbocycles. The van der Waals surface area contributed by atoms with E-state index >= 15 is 0 Å². The topological polar surface area (TPSA) is 42.0 Å². The van der Waals surface area contributed by atoms with E-state index in [0.717, 1.165) is 57.1 Å². The minimum atomic E-state index is 0.177. The van der Waals surface area contributed by atoms with Crippen molar-refractivity contribution in [3.63, 3.8) is 0 Å². The van der Waals surface area contributed by atoms with Gasteiger partial charge in [-0.3, -0.25) is 9.69 Å². The first-order valence-corrected chi connectivity index (χ1v) is 8.69. The number of carbonyl (C=O) groups excluding carboxylic acids is 1. The Hall–Kier alpha value is -1.75. The largest absolute Gasteiger partial charge is 0.454 e. The second-order valence-electron chi connectivity index (χ2n) is 6.79. The fraction of sp³-hybridized carbons (Fsp3) is 0.611. The molecule has 1 amide bonds. The highest BCUT2D eigenvalue weighted by Crippen LogP contribution is 2.33. The van der Waals surface area contributed by atoms with Crippen LogP contribution in [-0.4, -0.2) is 48.7 Å². The molecule has 0 bridgehead atoms. The number of piperidine rings is 1. The fourth-order valence-corrected chi connectivity index (χ4v) is 3.89. The maximum Gasteiger partial charge on any atom is 0.231 e. The summed E-state index contributed by atoms with van der Waals surface area (Å²) >= 11 is 0. The van der Waals surface area contributed by atoms with Crippen LogP contribution in [0.1, 0.15) is 31.2 Å². The number of carbonyl (C=O) groups is 1. The van der Waals surface area contributed by atoms with E-state index in [9.17, 15) is 4.79 Å². The van der Waals surface area contributed by atoms with Gasteiger partial charge in [-0.2, -0.15) is 0 Å². The van der Waals surface area contributed by atoms with Gasteiger partial charge < -0.3 is 14.4 Å². The smallest absolute Gasteiger partial charge is 0.231 e. The van der Waals surface area contributed by atoms with Crippen LogP contribution in [0.5, 0.6) is 11.5 Å². The van der Waals surface area contributed by atoms with Gasteiger partial charge in [-0.15, -0.1) is 0 Å². The minimum absolute atomic E-state index is 0.177. The molecule has 5 heteroatoms. The first kappa shape index (κ1) is 14.8. The Kier molecular flexibility index (Phi) is 4.12. The molecule has 1 aromatic rings. The molecule has 3 aliphatic heterocycles. The summed E-state index contributed by atoms with van der Waals surface area (Å²) in [6.07, 6.45) is 4.47. The summed E-state index contributed by atoms with van der Waals surface area (Å²) in [7, 11) is 0. The second kappa shape index (κ2) is 6.40. The molecule has 1 aromatic carbocycles. The van der Waals surface area contributed by atoms with E-state index in [-0.39, 0.29) is 5.92 Å². The Labute approximate surface area is 137 Å². The van der Waals surface area contributed by atoms with Gasteiger partial charge in [0.05, 0.1) is 5.92 Å². The number of ether oxygens (including phenoxy) is 2. The van der Waals surface area contributed by atoms with Crippen LogP contribution in [0.15, 0.2) is 18.2 Å². The first-order valence-electron chi connectivity index (χ1n) is 8.69. The predicted octanol–water partition coefficient (Wildman–Crippen LogP) is 2.25. The lowest BCUT2D eigenvalue weighted by Crippen LogP contribution is -2.43. The third kappa shape index (κ3) is 3.15. The van der Waals surface area contributed by atoms with Crippen molar-refractivity contribution in [1.29, 1.82) is 0 Å². The predicted molar refractivity (Wildman–Crippen MR) is 86.4 cm³/mol. The van der Waals surface area contributed by atoms with Crippen molar-refractivity contribution in [3.8, 4) is 11.5 Å². The van der Waals surface area contributed by atoms with Crippen molar-refractivity contribution in [1.82, 2.24) is 9.80 Å². The molecule has 3 aliphatic rings. The number of fused-ring (bicyclic) bond motifs is 1. The highest BCUT2D eigenvalue weighted by molar-refractivity contribution is 5.79. The molecule has 2 saturated heterocycles. The molecular weight excluding hydrogens is 292 g/mol. The Morgan fingerprint density at radius 2 is 1.91 bits per heavy atom. The molecule has 3 heterocycles. The van der Waals surface area contributed by atoms with Gasteiger partial charge in [-0.25, -0.2) is 0 Å². The van der Waals surface area contributed by atoms with Crippen molar-refractivity contribution < 1.29 is 14.3 Å². The summed E-state index contributed by atoms with van der Waals surface area (Å²) in [5.41, 5.74) is 1.23. The van der Waals surface area contributed by atoms with Gasteiger partial charge in [-0.1, -0.05) is 6.07 Å². The maximum absolute atomic E-state index is 12.6. The van der Waals surface area contributed by atoms with Crippen molar-refractivity contribution in [2.45, 2.75) is 32.2 Å². The van der Waals surface area contributed by atoms with E-state index in [1.807, 2.05) is 6.07 Å². The normalized spacial score (nSPS) is 24.2. The molecule has 0 radical (unpaired) electrons. The number of benzene rings is 1. The third-order valence-corrected chi connectivity index (χ3v) is 5.12. The number of amides is 1. The quantitative estimate of drug-likeness (QED) is 0.858. The Morgan fingerprint density at radius 1 is 1.09 bits per heavy atom. The summed E-state index contributed by atoms with van der Waals surface area (Å²) in [4.78, 5) is 17.1. The zero-order chi connectivity index (χ0) is 15.6. The van der Waals surface area contributed by atoms with Crippen molar-refractivity contribution in [2.75, 3.05) is 33.0 Å². The van der Waals surface area contributed by atoms with Crippen LogP contribution >= 0.6 is 0 Å².